The van der Waals surface area contributed by atoms with Crippen LogP contribution in [0.1, 0.15) is 50.2 Å². The third kappa shape index (κ3) is 3.31. The van der Waals surface area contributed by atoms with E-state index in [9.17, 15) is 5.11 Å². The maximum Gasteiger partial charge on any atom is 0.0959 e. The lowest BCUT2D eigenvalue weighted by atomic mass is 9.86. The Morgan fingerprint density at radius 1 is 1.50 bits per heavy atom. The maximum absolute atomic E-state index is 9.55. The highest BCUT2D eigenvalue weighted by molar-refractivity contribution is 7.09. The minimum atomic E-state index is 0.0822. The molecular weight excluding hydrogens is 244 g/mol. The van der Waals surface area contributed by atoms with Crippen LogP contribution >= 0.6 is 11.3 Å². The Kier molecular flexibility index (Phi) is 4.09. The molecule has 4 heteroatoms. The number of aromatic nitrogens is 1. The lowest BCUT2D eigenvalue weighted by Gasteiger charge is -2.36. The van der Waals surface area contributed by atoms with Crippen molar-refractivity contribution < 1.29 is 5.11 Å². The van der Waals surface area contributed by atoms with E-state index < -0.39 is 0 Å². The maximum atomic E-state index is 9.55. The summed E-state index contributed by atoms with van der Waals surface area (Å²) in [4.78, 5) is 6.92. The van der Waals surface area contributed by atoms with E-state index >= 15 is 0 Å². The second-order valence-corrected chi connectivity index (χ2v) is 7.32. The van der Waals surface area contributed by atoms with E-state index in [1.54, 1.807) is 11.3 Å². The minimum absolute atomic E-state index is 0.0822. The van der Waals surface area contributed by atoms with Gasteiger partial charge in [-0.05, 0) is 25.3 Å². The highest BCUT2D eigenvalue weighted by Gasteiger charge is 2.29. The van der Waals surface area contributed by atoms with Gasteiger partial charge < -0.3 is 5.11 Å². The van der Waals surface area contributed by atoms with Crippen LogP contribution < -0.4 is 0 Å². The van der Waals surface area contributed by atoms with Gasteiger partial charge in [-0.3, -0.25) is 4.90 Å². The molecule has 0 spiro atoms. The van der Waals surface area contributed by atoms with Crippen LogP contribution in [0.25, 0.3) is 0 Å². The summed E-state index contributed by atoms with van der Waals surface area (Å²) in [6.07, 6.45) is 2.62. The number of likely N-dealkylation sites (N-methyl/N-ethyl adjacent to an activating group) is 1. The van der Waals surface area contributed by atoms with Gasteiger partial charge in [-0.15, -0.1) is 11.3 Å². The van der Waals surface area contributed by atoms with Gasteiger partial charge in [-0.1, -0.05) is 20.8 Å². The van der Waals surface area contributed by atoms with E-state index in [1.165, 1.54) is 17.8 Å². The van der Waals surface area contributed by atoms with E-state index in [2.05, 4.69) is 38.1 Å². The molecule has 0 aromatic carbocycles. The van der Waals surface area contributed by atoms with Crippen LogP contribution in [0, 0.1) is 5.41 Å². The molecule has 0 bridgehead atoms. The summed E-state index contributed by atoms with van der Waals surface area (Å²) < 4.78 is 0. The molecular formula is C14H24N2OS. The molecule has 2 rings (SSSR count). The minimum Gasteiger partial charge on any atom is -0.395 e. The van der Waals surface area contributed by atoms with Crippen LogP contribution in [-0.2, 0) is 6.54 Å². The van der Waals surface area contributed by atoms with Gasteiger partial charge in [0.25, 0.3) is 0 Å². The van der Waals surface area contributed by atoms with Crippen LogP contribution in [0.4, 0.5) is 0 Å². The summed E-state index contributed by atoms with van der Waals surface area (Å²) in [7, 11) is 2.07. The van der Waals surface area contributed by atoms with Crippen molar-refractivity contribution in [2.45, 2.75) is 52.1 Å². The van der Waals surface area contributed by atoms with Gasteiger partial charge in [0.1, 0.15) is 0 Å². The first-order chi connectivity index (χ1) is 8.41. The number of rotatable bonds is 5. The number of aliphatic hydroxyl groups is 1. The Labute approximate surface area is 114 Å². The molecule has 1 aliphatic rings. The lowest BCUT2D eigenvalue weighted by Crippen LogP contribution is -2.44. The SMILES string of the molecule is CN(Cc1csc(C2CC2)n1)C(CO)C(C)(C)C. The van der Waals surface area contributed by atoms with E-state index in [4.69, 9.17) is 4.98 Å². The molecule has 1 saturated carbocycles. The second kappa shape index (κ2) is 5.27. The van der Waals surface area contributed by atoms with Gasteiger partial charge in [-0.25, -0.2) is 4.98 Å². The third-order valence-electron chi connectivity index (χ3n) is 3.61. The topological polar surface area (TPSA) is 36.4 Å². The zero-order valence-corrected chi connectivity index (χ0v) is 12.6. The standard InChI is InChI=1S/C14H24N2OS/c1-14(2,3)12(8-17)16(4)7-11-9-18-13(15-11)10-5-6-10/h9-10,12,17H,5-8H2,1-4H3. The molecule has 1 fully saturated rings. The zero-order chi connectivity index (χ0) is 13.3. The van der Waals surface area contributed by atoms with Crippen molar-refractivity contribution >= 4 is 11.3 Å². The second-order valence-electron chi connectivity index (χ2n) is 6.43. The predicted octanol–water partition coefficient (Wildman–Crippen LogP) is 2.86. The number of aliphatic hydroxyl groups excluding tert-OH is 1. The number of hydrogen-bond donors (Lipinski definition) is 1. The molecule has 1 atom stereocenters. The fourth-order valence-electron chi connectivity index (χ4n) is 2.35. The Bertz CT molecular complexity index is 393. The fraction of sp³-hybridized carbons (Fsp3) is 0.786. The number of hydrogen-bond acceptors (Lipinski definition) is 4. The highest BCUT2D eigenvalue weighted by Crippen LogP contribution is 2.41. The summed E-state index contributed by atoms with van der Waals surface area (Å²) >= 11 is 1.79. The smallest absolute Gasteiger partial charge is 0.0959 e. The first-order valence-electron chi connectivity index (χ1n) is 6.67. The third-order valence-corrected chi connectivity index (χ3v) is 4.67. The molecule has 0 radical (unpaired) electrons. The zero-order valence-electron chi connectivity index (χ0n) is 11.8. The number of thiazole rings is 1. The van der Waals surface area contributed by atoms with Crippen molar-refractivity contribution in [3.63, 3.8) is 0 Å². The van der Waals surface area contributed by atoms with Crippen LogP contribution in [0.3, 0.4) is 0 Å². The predicted molar refractivity (Wildman–Crippen MR) is 75.9 cm³/mol. The van der Waals surface area contributed by atoms with Gasteiger partial charge in [0.05, 0.1) is 17.3 Å². The molecule has 1 aromatic rings. The van der Waals surface area contributed by atoms with Crippen LogP contribution in [0.2, 0.25) is 0 Å². The molecule has 1 heterocycles. The largest absolute Gasteiger partial charge is 0.395 e. The summed E-state index contributed by atoms with van der Waals surface area (Å²) in [5.74, 6) is 0.741. The molecule has 0 saturated heterocycles. The van der Waals surface area contributed by atoms with E-state index in [-0.39, 0.29) is 18.1 Å². The Morgan fingerprint density at radius 3 is 2.67 bits per heavy atom. The van der Waals surface area contributed by atoms with Gasteiger partial charge in [-0.2, -0.15) is 0 Å². The van der Waals surface area contributed by atoms with Crippen molar-refractivity contribution in [1.29, 1.82) is 0 Å². The van der Waals surface area contributed by atoms with Crippen LogP contribution in [0.15, 0.2) is 5.38 Å². The molecule has 1 N–H and O–H groups in total. The van der Waals surface area contributed by atoms with Crippen molar-refractivity contribution in [2.24, 2.45) is 5.41 Å². The van der Waals surface area contributed by atoms with Gasteiger partial charge in [0.2, 0.25) is 0 Å². The first kappa shape index (κ1) is 14.0. The average Bonchev–Trinajstić information content (AvgIpc) is 2.99. The molecule has 1 unspecified atom stereocenters. The van der Waals surface area contributed by atoms with Gasteiger partial charge in [0.15, 0.2) is 0 Å². The van der Waals surface area contributed by atoms with Crippen molar-refractivity contribution in [1.82, 2.24) is 9.88 Å². The normalized spacial score (nSPS) is 18.3. The van der Waals surface area contributed by atoms with Crippen LogP contribution in [-0.4, -0.2) is 34.7 Å². The lowest BCUT2D eigenvalue weighted by molar-refractivity contribution is 0.0607. The molecule has 3 nitrogen and oxygen atoms in total. The van der Waals surface area contributed by atoms with Crippen molar-refractivity contribution in [2.75, 3.05) is 13.7 Å². The molecule has 0 aliphatic heterocycles. The van der Waals surface area contributed by atoms with E-state index in [0.717, 1.165) is 18.2 Å². The van der Waals surface area contributed by atoms with Crippen molar-refractivity contribution in [3.05, 3.63) is 16.1 Å². The summed E-state index contributed by atoms with van der Waals surface area (Å²) in [5, 5.41) is 13.0. The first-order valence-corrected chi connectivity index (χ1v) is 7.55. The molecule has 1 aromatic heterocycles. The monoisotopic (exact) mass is 268 g/mol. The quantitative estimate of drug-likeness (QED) is 0.892. The van der Waals surface area contributed by atoms with Gasteiger partial charge >= 0.3 is 0 Å². The Morgan fingerprint density at radius 2 is 2.17 bits per heavy atom. The summed E-state index contributed by atoms with van der Waals surface area (Å²) in [6.45, 7) is 7.52. The molecule has 1 aliphatic carbocycles. The number of nitrogens with zero attached hydrogens (tertiary/aromatic N) is 2. The molecule has 18 heavy (non-hydrogen) atoms. The molecule has 0 amide bonds. The van der Waals surface area contributed by atoms with E-state index in [0.29, 0.717) is 0 Å². The Hall–Kier alpha value is -0.450. The van der Waals surface area contributed by atoms with Crippen LogP contribution in [0.5, 0.6) is 0 Å². The highest BCUT2D eigenvalue weighted by atomic mass is 32.1. The average molecular weight is 268 g/mol. The van der Waals surface area contributed by atoms with Crippen molar-refractivity contribution in [3.8, 4) is 0 Å². The summed E-state index contributed by atoms with van der Waals surface area (Å²) in [5.41, 5.74) is 1.23. The van der Waals surface area contributed by atoms with Gasteiger partial charge in [0, 0.05) is 23.9 Å². The molecule has 102 valence electrons. The van der Waals surface area contributed by atoms with E-state index in [1.807, 2.05) is 0 Å². The summed E-state index contributed by atoms with van der Waals surface area (Å²) in [6, 6.07) is 0.170. The Balaban J connectivity index is 1.98. The fourth-order valence-corrected chi connectivity index (χ4v) is 3.34.